The molecule has 0 atom stereocenters. The first-order chi connectivity index (χ1) is 8.75. The number of benzene rings is 1. The van der Waals surface area contributed by atoms with Crippen molar-refractivity contribution in [2.45, 2.75) is 13.3 Å². The van der Waals surface area contributed by atoms with Crippen LogP contribution in [0.4, 0.5) is 5.69 Å². The second kappa shape index (κ2) is 7.77. The standard InChI is InChI=1S/C15H19N2O.ClH/c1-16(2)15-8-10-17(11-9-15)13-18-12-14-6-4-3-5-7-14;/h3-11H,12-13H2,1-2H3;1H/q+1;/p-1. The minimum Gasteiger partial charge on any atom is -1.00 e. The van der Waals surface area contributed by atoms with E-state index in [-0.39, 0.29) is 12.4 Å². The summed E-state index contributed by atoms with van der Waals surface area (Å²) in [5.41, 5.74) is 2.39. The van der Waals surface area contributed by atoms with E-state index in [4.69, 9.17) is 4.74 Å². The van der Waals surface area contributed by atoms with Gasteiger partial charge in [0.1, 0.15) is 0 Å². The molecule has 0 spiro atoms. The van der Waals surface area contributed by atoms with Gasteiger partial charge in [0, 0.05) is 31.9 Å². The van der Waals surface area contributed by atoms with Crippen LogP contribution in [-0.2, 0) is 18.1 Å². The normalized spacial score (nSPS) is 9.79. The highest BCUT2D eigenvalue weighted by atomic mass is 35.5. The van der Waals surface area contributed by atoms with Crippen molar-refractivity contribution in [1.29, 1.82) is 0 Å². The number of nitrogens with zero attached hydrogens (tertiary/aromatic N) is 2. The molecule has 4 heteroatoms. The Hall–Kier alpha value is -1.58. The van der Waals surface area contributed by atoms with Gasteiger partial charge in [0.2, 0.25) is 0 Å². The number of pyridine rings is 1. The van der Waals surface area contributed by atoms with E-state index in [1.807, 2.05) is 49.3 Å². The number of halogens is 1. The molecule has 0 saturated heterocycles. The van der Waals surface area contributed by atoms with Crippen LogP contribution in [0.1, 0.15) is 5.56 Å². The molecule has 19 heavy (non-hydrogen) atoms. The Kier molecular flexibility index (Phi) is 6.33. The van der Waals surface area contributed by atoms with Gasteiger partial charge in [-0.25, -0.2) is 0 Å². The van der Waals surface area contributed by atoms with Gasteiger partial charge in [-0.05, 0) is 5.56 Å². The molecule has 0 N–H and O–H groups in total. The molecular formula is C15H19ClN2O. The van der Waals surface area contributed by atoms with E-state index in [0.29, 0.717) is 13.3 Å². The number of aromatic nitrogens is 1. The second-order valence-electron chi connectivity index (χ2n) is 4.43. The van der Waals surface area contributed by atoms with E-state index in [0.717, 1.165) is 0 Å². The first kappa shape index (κ1) is 15.5. The molecule has 0 aliphatic heterocycles. The van der Waals surface area contributed by atoms with Crippen molar-refractivity contribution in [2.24, 2.45) is 0 Å². The average Bonchev–Trinajstić information content (AvgIpc) is 2.40. The highest BCUT2D eigenvalue weighted by Crippen LogP contribution is 2.06. The van der Waals surface area contributed by atoms with E-state index in [1.54, 1.807) is 0 Å². The number of ether oxygens (including phenoxy) is 1. The fourth-order valence-corrected chi connectivity index (χ4v) is 1.68. The van der Waals surface area contributed by atoms with Crippen LogP contribution in [0, 0.1) is 0 Å². The number of rotatable bonds is 5. The molecule has 2 rings (SSSR count). The lowest BCUT2D eigenvalue weighted by Gasteiger charge is -2.10. The molecule has 102 valence electrons. The maximum atomic E-state index is 5.66. The van der Waals surface area contributed by atoms with E-state index < -0.39 is 0 Å². The third-order valence-electron chi connectivity index (χ3n) is 2.74. The Labute approximate surface area is 120 Å². The maximum Gasteiger partial charge on any atom is 0.252 e. The summed E-state index contributed by atoms with van der Waals surface area (Å²) >= 11 is 0. The summed E-state index contributed by atoms with van der Waals surface area (Å²) in [7, 11) is 4.07. The minimum atomic E-state index is 0. The Morgan fingerprint density at radius 2 is 1.63 bits per heavy atom. The zero-order valence-electron chi connectivity index (χ0n) is 11.3. The van der Waals surface area contributed by atoms with Crippen molar-refractivity contribution >= 4 is 5.69 Å². The van der Waals surface area contributed by atoms with Gasteiger partial charge >= 0.3 is 0 Å². The van der Waals surface area contributed by atoms with Crippen molar-refractivity contribution in [3.05, 3.63) is 60.4 Å². The second-order valence-corrected chi connectivity index (χ2v) is 4.43. The molecule has 0 radical (unpaired) electrons. The highest BCUT2D eigenvalue weighted by Gasteiger charge is 2.02. The maximum absolute atomic E-state index is 5.66. The quantitative estimate of drug-likeness (QED) is 0.667. The van der Waals surface area contributed by atoms with Crippen molar-refractivity contribution < 1.29 is 21.7 Å². The highest BCUT2D eigenvalue weighted by molar-refractivity contribution is 5.41. The lowest BCUT2D eigenvalue weighted by atomic mass is 10.2. The van der Waals surface area contributed by atoms with Crippen LogP contribution in [0.5, 0.6) is 0 Å². The molecule has 0 saturated carbocycles. The topological polar surface area (TPSA) is 16.4 Å². The Balaban J connectivity index is 0.00000180. The van der Waals surface area contributed by atoms with Gasteiger partial charge in [-0.15, -0.1) is 0 Å². The average molecular weight is 279 g/mol. The van der Waals surface area contributed by atoms with E-state index in [9.17, 15) is 0 Å². The summed E-state index contributed by atoms with van der Waals surface area (Å²) < 4.78 is 7.68. The van der Waals surface area contributed by atoms with Crippen molar-refractivity contribution in [3.8, 4) is 0 Å². The van der Waals surface area contributed by atoms with Crippen LogP contribution in [0.25, 0.3) is 0 Å². The number of hydrogen-bond acceptors (Lipinski definition) is 2. The fourth-order valence-electron chi connectivity index (χ4n) is 1.68. The molecule has 2 aromatic rings. The predicted octanol–water partition coefficient (Wildman–Crippen LogP) is -0.782. The third-order valence-corrected chi connectivity index (χ3v) is 2.74. The monoisotopic (exact) mass is 278 g/mol. The van der Waals surface area contributed by atoms with Gasteiger partial charge < -0.3 is 22.0 Å². The lowest BCUT2D eigenvalue weighted by Crippen LogP contribution is -3.00. The van der Waals surface area contributed by atoms with Crippen LogP contribution in [0.15, 0.2) is 54.9 Å². The molecule has 1 aromatic carbocycles. The number of hydrogen-bond donors (Lipinski definition) is 0. The Morgan fingerprint density at radius 3 is 2.21 bits per heavy atom. The first-order valence-corrected chi connectivity index (χ1v) is 6.04. The van der Waals surface area contributed by atoms with E-state index in [2.05, 4.69) is 29.2 Å². The van der Waals surface area contributed by atoms with Gasteiger partial charge in [-0.1, -0.05) is 30.3 Å². The summed E-state index contributed by atoms with van der Waals surface area (Å²) in [4.78, 5) is 2.08. The summed E-state index contributed by atoms with van der Waals surface area (Å²) in [5, 5.41) is 0. The van der Waals surface area contributed by atoms with Gasteiger partial charge in [-0.3, -0.25) is 0 Å². The molecule has 0 aliphatic carbocycles. The molecule has 1 heterocycles. The fraction of sp³-hybridized carbons (Fsp3) is 0.267. The van der Waals surface area contributed by atoms with Crippen LogP contribution >= 0.6 is 0 Å². The summed E-state index contributed by atoms with van der Waals surface area (Å²) in [6.07, 6.45) is 4.06. The van der Waals surface area contributed by atoms with Crippen molar-refractivity contribution in [1.82, 2.24) is 0 Å². The largest absolute Gasteiger partial charge is 1.00 e. The summed E-state index contributed by atoms with van der Waals surface area (Å²) in [5.74, 6) is 0. The van der Waals surface area contributed by atoms with Gasteiger partial charge in [-0.2, -0.15) is 4.57 Å². The molecule has 3 nitrogen and oxygen atoms in total. The Morgan fingerprint density at radius 1 is 1.00 bits per heavy atom. The molecule has 0 fully saturated rings. The van der Waals surface area contributed by atoms with Gasteiger partial charge in [0.25, 0.3) is 6.73 Å². The smallest absolute Gasteiger partial charge is 0.252 e. The van der Waals surface area contributed by atoms with E-state index in [1.165, 1.54) is 11.3 Å². The molecule has 0 bridgehead atoms. The first-order valence-electron chi connectivity index (χ1n) is 6.04. The zero-order valence-corrected chi connectivity index (χ0v) is 12.0. The SMILES string of the molecule is CN(C)c1cc[n+](COCc2ccccc2)cc1.[Cl-]. The van der Waals surface area contributed by atoms with Gasteiger partial charge in [0.05, 0.1) is 6.61 Å². The predicted molar refractivity (Wildman–Crippen MR) is 72.2 cm³/mol. The number of anilines is 1. The minimum absolute atomic E-state index is 0. The third kappa shape index (κ3) is 4.89. The van der Waals surface area contributed by atoms with Crippen LogP contribution in [-0.4, -0.2) is 14.1 Å². The zero-order chi connectivity index (χ0) is 12.8. The molecular weight excluding hydrogens is 260 g/mol. The van der Waals surface area contributed by atoms with Crippen LogP contribution in [0.2, 0.25) is 0 Å². The van der Waals surface area contributed by atoms with Crippen LogP contribution < -0.4 is 21.9 Å². The molecule has 0 unspecified atom stereocenters. The Bertz CT molecular complexity index is 471. The van der Waals surface area contributed by atoms with Crippen LogP contribution in [0.3, 0.4) is 0 Å². The molecule has 1 aromatic heterocycles. The summed E-state index contributed by atoms with van der Waals surface area (Å²) in [6.45, 7) is 1.21. The van der Waals surface area contributed by atoms with Crippen molar-refractivity contribution in [2.75, 3.05) is 19.0 Å². The van der Waals surface area contributed by atoms with Gasteiger partial charge in [0.15, 0.2) is 12.4 Å². The summed E-state index contributed by atoms with van der Waals surface area (Å²) in [6, 6.07) is 14.4. The molecule has 0 amide bonds. The van der Waals surface area contributed by atoms with E-state index >= 15 is 0 Å². The molecule has 0 aliphatic rings. The van der Waals surface area contributed by atoms with Crippen molar-refractivity contribution in [3.63, 3.8) is 0 Å². The lowest BCUT2D eigenvalue weighted by molar-refractivity contribution is -0.733.